The first-order valence-corrected chi connectivity index (χ1v) is 7.59. The van der Waals surface area contributed by atoms with Crippen molar-refractivity contribution >= 4 is 27.3 Å². The van der Waals surface area contributed by atoms with Crippen molar-refractivity contribution in [3.63, 3.8) is 0 Å². The fourth-order valence-electron chi connectivity index (χ4n) is 2.08. The van der Waals surface area contributed by atoms with Gasteiger partial charge in [0.2, 0.25) is 0 Å². The van der Waals surface area contributed by atoms with Gasteiger partial charge in [0.15, 0.2) is 5.69 Å². The van der Waals surface area contributed by atoms with Crippen LogP contribution in [0.3, 0.4) is 0 Å². The van der Waals surface area contributed by atoms with Crippen LogP contribution in [0.5, 0.6) is 5.75 Å². The second kappa shape index (κ2) is 6.62. The summed E-state index contributed by atoms with van der Waals surface area (Å²) in [4.78, 5) is 12.0. The smallest absolute Gasteiger partial charge is 0.292 e. The second-order valence-electron chi connectivity index (χ2n) is 4.71. The third-order valence-corrected chi connectivity index (χ3v) is 3.68. The summed E-state index contributed by atoms with van der Waals surface area (Å²) in [5, 5.41) is 13.6. The summed E-state index contributed by atoms with van der Waals surface area (Å²) in [5.74, 6) is 0.677. The van der Waals surface area contributed by atoms with Crippen LogP contribution < -0.4 is 10.3 Å². The number of H-pyrrole nitrogens is 2. The molecule has 6 nitrogen and oxygen atoms in total. The van der Waals surface area contributed by atoms with E-state index >= 15 is 0 Å². The highest BCUT2D eigenvalue weighted by Crippen LogP contribution is 2.29. The van der Waals surface area contributed by atoms with Crippen molar-refractivity contribution in [2.24, 2.45) is 10.2 Å². The molecule has 0 aliphatic heterocycles. The van der Waals surface area contributed by atoms with Gasteiger partial charge in [-0.1, -0.05) is 34.1 Å². The van der Waals surface area contributed by atoms with Crippen LogP contribution in [0.4, 0.5) is 11.4 Å². The molecular formula is C16H13BrN4O2. The van der Waals surface area contributed by atoms with Crippen LogP contribution in [-0.2, 0) is 0 Å². The first-order chi connectivity index (χ1) is 11.2. The van der Waals surface area contributed by atoms with Crippen LogP contribution in [0, 0.1) is 0 Å². The highest BCUT2D eigenvalue weighted by molar-refractivity contribution is 9.10. The monoisotopic (exact) mass is 372 g/mol. The Morgan fingerprint density at radius 1 is 1.04 bits per heavy atom. The van der Waals surface area contributed by atoms with Crippen molar-refractivity contribution in [3.8, 4) is 17.0 Å². The number of rotatable bonds is 4. The minimum Gasteiger partial charge on any atom is -0.497 e. The van der Waals surface area contributed by atoms with Crippen molar-refractivity contribution in [1.29, 1.82) is 0 Å². The van der Waals surface area contributed by atoms with Crippen LogP contribution in [0.25, 0.3) is 11.3 Å². The zero-order valence-electron chi connectivity index (χ0n) is 12.2. The number of benzene rings is 2. The standard InChI is InChI=1S/C16H13BrN4O2/c1-23-13-7-3-6-12(9-13)18-20-15-14(19-21-16(15)22)10-4-2-5-11(17)8-10/h2-9H,1H3,(H2,19,21,22). The number of azo groups is 1. The lowest BCUT2D eigenvalue weighted by Crippen LogP contribution is -1.96. The van der Waals surface area contributed by atoms with Gasteiger partial charge in [-0.25, -0.2) is 0 Å². The summed E-state index contributed by atoms with van der Waals surface area (Å²) >= 11 is 3.41. The molecule has 2 N–H and O–H groups in total. The van der Waals surface area contributed by atoms with E-state index in [0.29, 0.717) is 17.1 Å². The Balaban J connectivity index is 1.99. The molecule has 3 aromatic rings. The van der Waals surface area contributed by atoms with Crippen LogP contribution in [-0.4, -0.2) is 17.3 Å². The Labute approximate surface area is 140 Å². The molecule has 0 radical (unpaired) electrons. The summed E-state index contributed by atoms with van der Waals surface area (Å²) in [6.07, 6.45) is 0. The molecule has 3 rings (SSSR count). The maximum absolute atomic E-state index is 12.0. The van der Waals surface area contributed by atoms with Crippen LogP contribution >= 0.6 is 15.9 Å². The molecule has 116 valence electrons. The minimum absolute atomic E-state index is 0.228. The Bertz CT molecular complexity index is 914. The van der Waals surface area contributed by atoms with Gasteiger partial charge < -0.3 is 4.74 Å². The average molecular weight is 373 g/mol. The predicted molar refractivity (Wildman–Crippen MR) is 91.7 cm³/mol. The summed E-state index contributed by atoms with van der Waals surface area (Å²) in [6, 6.07) is 14.7. The first kappa shape index (κ1) is 15.2. The molecule has 0 saturated carbocycles. The van der Waals surface area contributed by atoms with E-state index in [2.05, 4.69) is 36.4 Å². The van der Waals surface area contributed by atoms with Crippen molar-refractivity contribution in [1.82, 2.24) is 10.2 Å². The Morgan fingerprint density at radius 2 is 1.87 bits per heavy atom. The molecule has 0 aliphatic rings. The zero-order valence-corrected chi connectivity index (χ0v) is 13.8. The average Bonchev–Trinajstić information content (AvgIpc) is 2.94. The summed E-state index contributed by atoms with van der Waals surface area (Å²) < 4.78 is 6.05. The number of aromatic nitrogens is 2. The van der Waals surface area contributed by atoms with Crippen molar-refractivity contribution < 1.29 is 4.74 Å². The van der Waals surface area contributed by atoms with Gasteiger partial charge in [0.25, 0.3) is 5.56 Å². The highest BCUT2D eigenvalue weighted by Gasteiger charge is 2.11. The van der Waals surface area contributed by atoms with E-state index in [4.69, 9.17) is 4.74 Å². The summed E-state index contributed by atoms with van der Waals surface area (Å²) in [5.41, 5.74) is 1.92. The number of methoxy groups -OCH3 is 1. The van der Waals surface area contributed by atoms with E-state index in [1.165, 1.54) is 0 Å². The molecule has 1 heterocycles. The van der Waals surface area contributed by atoms with E-state index in [-0.39, 0.29) is 11.2 Å². The normalized spacial score (nSPS) is 11.0. The van der Waals surface area contributed by atoms with Gasteiger partial charge >= 0.3 is 0 Å². The zero-order chi connectivity index (χ0) is 16.2. The quantitative estimate of drug-likeness (QED) is 0.658. The van der Waals surface area contributed by atoms with Gasteiger partial charge in [0, 0.05) is 16.1 Å². The van der Waals surface area contributed by atoms with Crippen LogP contribution in [0.15, 0.2) is 68.0 Å². The van der Waals surface area contributed by atoms with Gasteiger partial charge in [-0.2, -0.15) is 5.11 Å². The molecule has 2 aromatic carbocycles. The largest absolute Gasteiger partial charge is 0.497 e. The molecule has 0 fully saturated rings. The SMILES string of the molecule is COc1cccc(N=Nc2c(-c3cccc(Br)c3)[nH][nH]c2=O)c1. The molecule has 23 heavy (non-hydrogen) atoms. The summed E-state index contributed by atoms with van der Waals surface area (Å²) in [7, 11) is 1.58. The highest BCUT2D eigenvalue weighted by atomic mass is 79.9. The molecule has 0 aliphatic carbocycles. The molecule has 1 aromatic heterocycles. The van der Waals surface area contributed by atoms with Crippen molar-refractivity contribution in [2.45, 2.75) is 0 Å². The number of hydrogen-bond donors (Lipinski definition) is 2. The molecule has 0 atom stereocenters. The lowest BCUT2D eigenvalue weighted by Gasteiger charge is -2.00. The van der Waals surface area contributed by atoms with Crippen molar-refractivity contribution in [3.05, 3.63) is 63.4 Å². The maximum Gasteiger partial charge on any atom is 0.292 e. The second-order valence-corrected chi connectivity index (χ2v) is 5.63. The van der Waals surface area contributed by atoms with E-state index in [1.807, 2.05) is 36.4 Å². The Morgan fingerprint density at radius 3 is 2.65 bits per heavy atom. The summed E-state index contributed by atoms with van der Waals surface area (Å²) in [6.45, 7) is 0. The molecule has 0 spiro atoms. The third-order valence-electron chi connectivity index (χ3n) is 3.18. The van der Waals surface area contributed by atoms with Crippen molar-refractivity contribution in [2.75, 3.05) is 7.11 Å². The van der Waals surface area contributed by atoms with E-state index in [0.717, 1.165) is 10.0 Å². The van der Waals surface area contributed by atoms with E-state index < -0.39 is 0 Å². The van der Waals surface area contributed by atoms with Crippen LogP contribution in [0.1, 0.15) is 0 Å². The maximum atomic E-state index is 12.0. The lowest BCUT2D eigenvalue weighted by atomic mass is 10.1. The van der Waals surface area contributed by atoms with Gasteiger partial charge in [-0.3, -0.25) is 15.0 Å². The van der Waals surface area contributed by atoms with Gasteiger partial charge in [0.05, 0.1) is 18.5 Å². The number of nitrogens with one attached hydrogen (secondary N) is 2. The molecule has 7 heteroatoms. The predicted octanol–water partition coefficient (Wildman–Crippen LogP) is 4.56. The first-order valence-electron chi connectivity index (χ1n) is 6.80. The molecule has 0 amide bonds. The van der Waals surface area contributed by atoms with E-state index in [1.54, 1.807) is 19.2 Å². The third kappa shape index (κ3) is 3.40. The minimum atomic E-state index is -0.327. The molecule has 0 unspecified atom stereocenters. The van der Waals surface area contributed by atoms with Gasteiger partial charge in [-0.05, 0) is 24.3 Å². The molecule has 0 saturated heterocycles. The fourth-order valence-corrected chi connectivity index (χ4v) is 2.48. The van der Waals surface area contributed by atoms with Gasteiger partial charge in [-0.15, -0.1) is 5.11 Å². The fraction of sp³-hybridized carbons (Fsp3) is 0.0625. The van der Waals surface area contributed by atoms with Gasteiger partial charge in [0.1, 0.15) is 5.75 Å². The lowest BCUT2D eigenvalue weighted by molar-refractivity contribution is 0.415. The topological polar surface area (TPSA) is 82.6 Å². The number of nitrogens with zero attached hydrogens (tertiary/aromatic N) is 2. The molecular weight excluding hydrogens is 360 g/mol. The van der Waals surface area contributed by atoms with E-state index in [9.17, 15) is 4.79 Å². The number of aromatic amines is 2. The number of halogens is 1. The number of hydrogen-bond acceptors (Lipinski definition) is 4. The molecule has 0 bridgehead atoms. The Hall–Kier alpha value is -2.67. The van der Waals surface area contributed by atoms with Crippen LogP contribution in [0.2, 0.25) is 0 Å². The number of ether oxygens (including phenoxy) is 1. The Kier molecular flexibility index (Phi) is 4.38.